The Morgan fingerprint density at radius 1 is 1.00 bits per heavy atom. The van der Waals surface area contributed by atoms with E-state index in [4.69, 9.17) is 23.6 Å². The van der Waals surface area contributed by atoms with Crippen LogP contribution in [0.1, 0.15) is 96.8 Å². The molecule has 250 valence electrons. The van der Waals surface area contributed by atoms with Crippen LogP contribution in [0.15, 0.2) is 40.8 Å². The molecule has 0 saturated carbocycles. The number of carbonyl (C=O) groups is 1. The van der Waals surface area contributed by atoms with Crippen molar-refractivity contribution in [1.29, 1.82) is 0 Å². The summed E-state index contributed by atoms with van der Waals surface area (Å²) in [6.45, 7) is 16.3. The standard InChI is InChI=1S/C40H50N2O5/c1-11-12-17-42(23-32-24(2)25(3)47-26(32)4)39(43)36-30-15-13-14-16-33(30)41-37-28(21-29(22-31(36)37)40(5,6)7)18-27-19-34(44-8)38(46-10)35(20-27)45-9/h13-16,18-20,29H,11-12,17,21-23H2,1-10H3/b28-18+. The molecule has 2 heterocycles. The minimum Gasteiger partial charge on any atom is -0.493 e. The Kier molecular flexibility index (Phi) is 10.0. The second kappa shape index (κ2) is 13.8. The third kappa shape index (κ3) is 6.76. The number of furan rings is 1. The zero-order valence-electron chi connectivity index (χ0n) is 29.8. The number of methoxy groups -OCH3 is 3. The molecule has 2 aromatic heterocycles. The molecule has 2 aromatic carbocycles. The van der Waals surface area contributed by atoms with E-state index >= 15 is 4.79 Å². The predicted octanol–water partition coefficient (Wildman–Crippen LogP) is 9.37. The number of unbranched alkanes of at least 4 members (excludes halogenated alkanes) is 1. The highest BCUT2D eigenvalue weighted by Gasteiger charge is 2.36. The summed E-state index contributed by atoms with van der Waals surface area (Å²) >= 11 is 0. The number of rotatable bonds is 10. The highest BCUT2D eigenvalue weighted by Crippen LogP contribution is 2.46. The Balaban J connectivity index is 1.74. The van der Waals surface area contributed by atoms with E-state index in [0.717, 1.165) is 87.2 Å². The van der Waals surface area contributed by atoms with E-state index in [1.807, 2.05) is 49.1 Å². The van der Waals surface area contributed by atoms with Crippen molar-refractivity contribution in [3.05, 3.63) is 81.4 Å². The first kappa shape index (κ1) is 34.1. The molecular formula is C40H50N2O5. The smallest absolute Gasteiger partial charge is 0.255 e. The van der Waals surface area contributed by atoms with Crippen molar-refractivity contribution < 1.29 is 23.4 Å². The number of para-hydroxylation sites is 1. The van der Waals surface area contributed by atoms with Crippen LogP contribution in [-0.4, -0.2) is 43.7 Å². The number of hydrogen-bond donors (Lipinski definition) is 0. The van der Waals surface area contributed by atoms with E-state index in [0.29, 0.717) is 36.3 Å². The number of fused-ring (bicyclic) bond motifs is 2. The fourth-order valence-corrected chi connectivity index (χ4v) is 6.79. The number of ether oxygens (including phenoxy) is 3. The lowest BCUT2D eigenvalue weighted by Crippen LogP contribution is -2.35. The third-order valence-electron chi connectivity index (χ3n) is 9.81. The number of pyridine rings is 1. The number of hydrogen-bond acceptors (Lipinski definition) is 6. The van der Waals surface area contributed by atoms with Crippen LogP contribution in [0.2, 0.25) is 0 Å². The zero-order chi connectivity index (χ0) is 34.0. The number of aryl methyl sites for hydroxylation is 2. The number of carbonyl (C=O) groups excluding carboxylic acids is 1. The van der Waals surface area contributed by atoms with Crippen molar-refractivity contribution in [2.45, 2.75) is 80.7 Å². The molecule has 0 N–H and O–H groups in total. The van der Waals surface area contributed by atoms with E-state index < -0.39 is 0 Å². The van der Waals surface area contributed by atoms with Crippen molar-refractivity contribution in [3.8, 4) is 17.2 Å². The van der Waals surface area contributed by atoms with Gasteiger partial charge in [-0.05, 0) is 97.9 Å². The lowest BCUT2D eigenvalue weighted by molar-refractivity contribution is 0.0739. The summed E-state index contributed by atoms with van der Waals surface area (Å²) in [7, 11) is 4.87. The SMILES string of the molecule is CCCCN(Cc1c(C)oc(C)c1C)C(=O)c1c2c(nc3ccccc13)/C(=C/c1cc(OC)c(OC)c(OC)c1)CC(C(C)(C)C)C2. The molecule has 1 unspecified atom stereocenters. The van der Waals surface area contributed by atoms with Gasteiger partial charge in [-0.15, -0.1) is 0 Å². The molecule has 4 aromatic rings. The van der Waals surface area contributed by atoms with Crippen molar-refractivity contribution in [2.24, 2.45) is 11.3 Å². The van der Waals surface area contributed by atoms with Gasteiger partial charge in [0.2, 0.25) is 5.75 Å². The Bertz CT molecular complexity index is 1780. The predicted molar refractivity (Wildman–Crippen MR) is 190 cm³/mol. The lowest BCUT2D eigenvalue weighted by atomic mass is 9.68. The Morgan fingerprint density at radius 3 is 2.26 bits per heavy atom. The van der Waals surface area contributed by atoms with Crippen LogP contribution in [-0.2, 0) is 13.0 Å². The Hall–Kier alpha value is -4.26. The van der Waals surface area contributed by atoms with E-state index in [9.17, 15) is 0 Å². The van der Waals surface area contributed by atoms with Crippen molar-refractivity contribution in [1.82, 2.24) is 9.88 Å². The van der Waals surface area contributed by atoms with E-state index in [1.54, 1.807) is 21.3 Å². The van der Waals surface area contributed by atoms with Gasteiger partial charge in [0.05, 0.1) is 38.1 Å². The summed E-state index contributed by atoms with van der Waals surface area (Å²) in [5.41, 5.74) is 7.73. The molecule has 5 rings (SSSR count). The number of amides is 1. The second-order valence-corrected chi connectivity index (χ2v) is 13.8. The molecule has 0 aliphatic heterocycles. The molecule has 1 amide bonds. The number of nitrogens with zero attached hydrogens (tertiary/aromatic N) is 2. The summed E-state index contributed by atoms with van der Waals surface area (Å²) in [5, 5.41) is 0.899. The van der Waals surface area contributed by atoms with Gasteiger partial charge < -0.3 is 23.5 Å². The monoisotopic (exact) mass is 638 g/mol. The topological polar surface area (TPSA) is 74.0 Å². The van der Waals surface area contributed by atoms with Gasteiger partial charge in [0.1, 0.15) is 11.5 Å². The minimum absolute atomic E-state index is 0.00245. The molecule has 0 radical (unpaired) electrons. The summed E-state index contributed by atoms with van der Waals surface area (Å²) in [5.74, 6) is 3.86. The summed E-state index contributed by atoms with van der Waals surface area (Å²) in [4.78, 5) is 22.3. The molecular weight excluding hydrogens is 588 g/mol. The lowest BCUT2D eigenvalue weighted by Gasteiger charge is -2.37. The fraction of sp³-hybridized carbons (Fsp3) is 0.450. The first-order chi connectivity index (χ1) is 22.4. The van der Waals surface area contributed by atoms with Gasteiger partial charge in [-0.3, -0.25) is 4.79 Å². The average molecular weight is 639 g/mol. The summed E-state index contributed by atoms with van der Waals surface area (Å²) < 4.78 is 22.9. The Labute approximate surface area is 279 Å². The zero-order valence-corrected chi connectivity index (χ0v) is 29.8. The van der Waals surface area contributed by atoms with Gasteiger partial charge in [0, 0.05) is 24.0 Å². The van der Waals surface area contributed by atoms with Crippen LogP contribution in [0, 0.1) is 32.1 Å². The van der Waals surface area contributed by atoms with E-state index in [2.05, 4.69) is 46.8 Å². The average Bonchev–Trinajstić information content (AvgIpc) is 3.29. The van der Waals surface area contributed by atoms with Gasteiger partial charge >= 0.3 is 0 Å². The van der Waals surface area contributed by atoms with Crippen molar-refractivity contribution >= 4 is 28.5 Å². The van der Waals surface area contributed by atoms with Crippen LogP contribution >= 0.6 is 0 Å². The maximum Gasteiger partial charge on any atom is 0.255 e. The van der Waals surface area contributed by atoms with Crippen LogP contribution < -0.4 is 14.2 Å². The Morgan fingerprint density at radius 2 is 1.68 bits per heavy atom. The summed E-state index contributed by atoms with van der Waals surface area (Å²) in [6.07, 6.45) is 5.69. The molecule has 0 bridgehead atoms. The molecule has 0 spiro atoms. The van der Waals surface area contributed by atoms with Crippen LogP contribution in [0.3, 0.4) is 0 Å². The maximum atomic E-state index is 15.0. The summed E-state index contributed by atoms with van der Waals surface area (Å²) in [6, 6.07) is 12.0. The van der Waals surface area contributed by atoms with Crippen LogP contribution in [0.5, 0.6) is 17.2 Å². The first-order valence-corrected chi connectivity index (χ1v) is 16.7. The van der Waals surface area contributed by atoms with Gasteiger partial charge in [-0.25, -0.2) is 4.98 Å². The molecule has 7 nitrogen and oxygen atoms in total. The van der Waals surface area contributed by atoms with Gasteiger partial charge in [-0.2, -0.15) is 0 Å². The quantitative estimate of drug-likeness (QED) is 0.172. The molecule has 7 heteroatoms. The first-order valence-electron chi connectivity index (χ1n) is 16.7. The molecule has 0 saturated heterocycles. The van der Waals surface area contributed by atoms with Crippen molar-refractivity contribution in [3.63, 3.8) is 0 Å². The van der Waals surface area contributed by atoms with Gasteiger partial charge in [-0.1, -0.05) is 52.3 Å². The second-order valence-electron chi connectivity index (χ2n) is 13.8. The number of allylic oxidation sites excluding steroid dienone is 1. The van der Waals surface area contributed by atoms with Crippen LogP contribution in [0.25, 0.3) is 22.6 Å². The van der Waals surface area contributed by atoms with Crippen LogP contribution in [0.4, 0.5) is 0 Å². The normalized spacial score (nSPS) is 15.5. The molecule has 1 aliphatic rings. The van der Waals surface area contributed by atoms with E-state index in [-0.39, 0.29) is 11.3 Å². The maximum absolute atomic E-state index is 15.0. The van der Waals surface area contributed by atoms with E-state index in [1.165, 1.54) is 0 Å². The molecule has 1 atom stereocenters. The van der Waals surface area contributed by atoms with Gasteiger partial charge in [0.15, 0.2) is 11.5 Å². The van der Waals surface area contributed by atoms with Crippen molar-refractivity contribution in [2.75, 3.05) is 27.9 Å². The minimum atomic E-state index is 0.00245. The number of aromatic nitrogens is 1. The fourth-order valence-electron chi connectivity index (χ4n) is 6.79. The number of benzene rings is 2. The highest BCUT2D eigenvalue weighted by atomic mass is 16.5. The molecule has 0 fully saturated rings. The molecule has 1 aliphatic carbocycles. The molecule has 47 heavy (non-hydrogen) atoms. The van der Waals surface area contributed by atoms with Gasteiger partial charge in [0.25, 0.3) is 5.91 Å². The third-order valence-corrected chi connectivity index (χ3v) is 9.81. The largest absolute Gasteiger partial charge is 0.493 e. The highest BCUT2D eigenvalue weighted by molar-refractivity contribution is 6.09.